The number of cyclic esters (lactones) is 1. The molecule has 2 unspecified atom stereocenters. The average Bonchev–Trinajstić information content (AvgIpc) is 3.23. The molecule has 3 aromatic carbocycles. The Hall–Kier alpha value is -3.65. The molecule has 2 atom stereocenters. The van der Waals surface area contributed by atoms with Crippen LogP contribution in [0.3, 0.4) is 0 Å². The number of nitrogens with zero attached hydrogens (tertiary/aromatic N) is 1. The maximum atomic E-state index is 13.0. The van der Waals surface area contributed by atoms with Gasteiger partial charge in [-0.1, -0.05) is 32.0 Å². The highest BCUT2D eigenvalue weighted by molar-refractivity contribution is 5.89. The van der Waals surface area contributed by atoms with Crippen molar-refractivity contribution in [1.82, 2.24) is 0 Å². The van der Waals surface area contributed by atoms with Crippen molar-refractivity contribution in [1.29, 1.82) is 0 Å². The molecule has 0 bridgehead atoms. The Labute approximate surface area is 192 Å². The van der Waals surface area contributed by atoms with Crippen LogP contribution in [-0.4, -0.2) is 41.6 Å². The number of aliphatic hydroxyl groups is 1. The van der Waals surface area contributed by atoms with Gasteiger partial charge in [-0.25, -0.2) is 13.6 Å². The number of aromatic hydroxyl groups is 1. The minimum Gasteiger partial charge on any atom is -0.508 e. The maximum Gasteiger partial charge on any atom is 0.414 e. The average molecular weight is 459 g/mol. The third-order valence-corrected chi connectivity index (χ3v) is 4.52. The van der Waals surface area contributed by atoms with E-state index in [4.69, 9.17) is 9.84 Å². The summed E-state index contributed by atoms with van der Waals surface area (Å²) in [6.07, 6.45) is -2.24. The first kappa shape index (κ1) is 25.6. The standard InChI is InChI=1S/C17H16F2N2O3.C6H6O.C2H6/c18-11-1-5-13(6-2-11)20-9-15(22)16-10-21(17(23)24-16)14-7-3-12(19)4-8-14;7-6-4-2-1-3-5-6;1-2/h1-8,15-16,20,22H,9-10H2;1-5,7H;1-2H3. The third kappa shape index (κ3) is 8.08. The molecular weight excluding hydrogens is 430 g/mol. The number of nitrogens with one attached hydrogen (secondary N) is 1. The molecule has 3 aromatic rings. The largest absolute Gasteiger partial charge is 0.508 e. The zero-order chi connectivity index (χ0) is 24.2. The van der Waals surface area contributed by atoms with Gasteiger partial charge >= 0.3 is 6.09 Å². The molecule has 3 N–H and O–H groups in total. The van der Waals surface area contributed by atoms with Crippen molar-refractivity contribution in [2.24, 2.45) is 0 Å². The van der Waals surface area contributed by atoms with Crippen molar-refractivity contribution in [3.63, 3.8) is 0 Å². The molecule has 1 saturated heterocycles. The number of amides is 1. The van der Waals surface area contributed by atoms with E-state index in [1.807, 2.05) is 19.9 Å². The number of halogens is 2. The highest BCUT2D eigenvalue weighted by atomic mass is 19.1. The summed E-state index contributed by atoms with van der Waals surface area (Å²) in [5, 5.41) is 21.8. The smallest absolute Gasteiger partial charge is 0.414 e. The molecule has 0 saturated carbocycles. The van der Waals surface area contributed by atoms with E-state index < -0.39 is 24.1 Å². The Bertz CT molecular complexity index is 970. The summed E-state index contributed by atoms with van der Waals surface area (Å²) in [6, 6.07) is 19.9. The number of aliphatic hydroxyl groups excluding tert-OH is 1. The predicted molar refractivity (Wildman–Crippen MR) is 124 cm³/mol. The van der Waals surface area contributed by atoms with Gasteiger partial charge in [0.2, 0.25) is 0 Å². The number of phenolic OH excluding ortho intramolecular Hbond substituents is 1. The summed E-state index contributed by atoms with van der Waals surface area (Å²) in [7, 11) is 0. The van der Waals surface area contributed by atoms with E-state index in [0.717, 1.165) is 0 Å². The fourth-order valence-electron chi connectivity index (χ4n) is 2.87. The summed E-state index contributed by atoms with van der Waals surface area (Å²) >= 11 is 0. The predicted octanol–water partition coefficient (Wildman–Crippen LogP) is 5.18. The zero-order valence-electron chi connectivity index (χ0n) is 18.5. The van der Waals surface area contributed by atoms with Crippen LogP contribution in [0.1, 0.15) is 13.8 Å². The second-order valence-electron chi connectivity index (χ2n) is 6.80. The van der Waals surface area contributed by atoms with Crippen LogP contribution in [-0.2, 0) is 4.74 Å². The maximum absolute atomic E-state index is 13.0. The fourth-order valence-corrected chi connectivity index (χ4v) is 2.87. The topological polar surface area (TPSA) is 82.0 Å². The molecule has 0 spiro atoms. The Morgan fingerprint density at radius 1 is 0.970 bits per heavy atom. The second-order valence-corrected chi connectivity index (χ2v) is 6.80. The molecule has 4 rings (SSSR count). The first-order valence-electron chi connectivity index (χ1n) is 10.6. The van der Waals surface area contributed by atoms with Crippen LogP contribution < -0.4 is 10.2 Å². The molecule has 1 amide bonds. The highest BCUT2D eigenvalue weighted by Crippen LogP contribution is 2.23. The lowest BCUT2D eigenvalue weighted by Gasteiger charge is -2.18. The van der Waals surface area contributed by atoms with Crippen LogP contribution >= 0.6 is 0 Å². The quantitative estimate of drug-likeness (QED) is 0.491. The van der Waals surface area contributed by atoms with Gasteiger partial charge in [0.1, 0.15) is 29.6 Å². The number of carbonyl (C=O) groups excluding carboxylic acids is 1. The van der Waals surface area contributed by atoms with Gasteiger partial charge in [-0.3, -0.25) is 4.90 Å². The van der Waals surface area contributed by atoms with Crippen molar-refractivity contribution in [2.75, 3.05) is 23.3 Å². The van der Waals surface area contributed by atoms with Gasteiger partial charge in [-0.15, -0.1) is 0 Å². The Balaban J connectivity index is 0.000000362. The number of anilines is 2. The van der Waals surface area contributed by atoms with Gasteiger partial charge in [-0.05, 0) is 60.7 Å². The summed E-state index contributed by atoms with van der Waals surface area (Å²) in [6.45, 7) is 4.30. The van der Waals surface area contributed by atoms with E-state index in [-0.39, 0.29) is 18.9 Å². The minimum atomic E-state index is -0.940. The number of phenols is 1. The molecule has 6 nitrogen and oxygen atoms in total. The molecule has 176 valence electrons. The molecule has 8 heteroatoms. The van der Waals surface area contributed by atoms with Crippen LogP contribution in [0.15, 0.2) is 78.9 Å². The van der Waals surface area contributed by atoms with Crippen molar-refractivity contribution in [2.45, 2.75) is 26.1 Å². The molecule has 0 radical (unpaired) electrons. The zero-order valence-corrected chi connectivity index (χ0v) is 18.5. The molecule has 0 aromatic heterocycles. The fraction of sp³-hybridized carbons (Fsp3) is 0.240. The molecule has 1 aliphatic heterocycles. The lowest BCUT2D eigenvalue weighted by molar-refractivity contribution is 0.0403. The van der Waals surface area contributed by atoms with E-state index in [0.29, 0.717) is 17.1 Å². The summed E-state index contributed by atoms with van der Waals surface area (Å²) in [5.41, 5.74) is 1.15. The van der Waals surface area contributed by atoms with E-state index in [1.165, 1.54) is 41.3 Å². The number of hydrogen-bond donors (Lipinski definition) is 3. The van der Waals surface area contributed by atoms with Gasteiger partial charge in [0.05, 0.1) is 6.54 Å². The molecule has 1 heterocycles. The normalized spacial score (nSPS) is 15.4. The van der Waals surface area contributed by atoms with Crippen molar-refractivity contribution in [3.05, 3.63) is 90.5 Å². The monoisotopic (exact) mass is 458 g/mol. The van der Waals surface area contributed by atoms with E-state index >= 15 is 0 Å². The second kappa shape index (κ2) is 13.0. The number of ether oxygens (including phenoxy) is 1. The molecular formula is C25H28F2N2O4. The van der Waals surface area contributed by atoms with Gasteiger partial charge in [0.15, 0.2) is 0 Å². The lowest BCUT2D eigenvalue weighted by Crippen LogP contribution is -2.36. The van der Waals surface area contributed by atoms with Crippen LogP contribution in [0.25, 0.3) is 0 Å². The molecule has 33 heavy (non-hydrogen) atoms. The molecule has 1 fully saturated rings. The Morgan fingerprint density at radius 2 is 1.52 bits per heavy atom. The van der Waals surface area contributed by atoms with Gasteiger partial charge in [0, 0.05) is 17.9 Å². The van der Waals surface area contributed by atoms with E-state index in [9.17, 15) is 18.7 Å². The van der Waals surface area contributed by atoms with Crippen molar-refractivity contribution < 1.29 is 28.5 Å². The van der Waals surface area contributed by atoms with E-state index in [2.05, 4.69) is 5.32 Å². The summed E-state index contributed by atoms with van der Waals surface area (Å²) in [5.74, 6) is -0.422. The van der Waals surface area contributed by atoms with E-state index in [1.54, 1.807) is 36.4 Å². The summed E-state index contributed by atoms with van der Waals surface area (Å²) < 4.78 is 31.0. The molecule has 1 aliphatic rings. The van der Waals surface area contributed by atoms with Crippen molar-refractivity contribution >= 4 is 17.5 Å². The van der Waals surface area contributed by atoms with Crippen LogP contribution in [0.5, 0.6) is 5.75 Å². The number of carbonyl (C=O) groups is 1. The highest BCUT2D eigenvalue weighted by Gasteiger charge is 2.36. The lowest BCUT2D eigenvalue weighted by atomic mass is 10.2. The first-order chi connectivity index (χ1) is 15.9. The van der Waals surface area contributed by atoms with Gasteiger partial charge in [0.25, 0.3) is 0 Å². The summed E-state index contributed by atoms with van der Waals surface area (Å²) in [4.78, 5) is 13.3. The SMILES string of the molecule is CC.O=C1OC(C(O)CNc2ccc(F)cc2)CN1c1ccc(F)cc1.Oc1ccccc1. The van der Waals surface area contributed by atoms with Crippen LogP contribution in [0, 0.1) is 11.6 Å². The first-order valence-corrected chi connectivity index (χ1v) is 10.6. The van der Waals surface area contributed by atoms with Gasteiger partial charge in [-0.2, -0.15) is 0 Å². The van der Waals surface area contributed by atoms with Crippen LogP contribution in [0.4, 0.5) is 25.0 Å². The Morgan fingerprint density at radius 3 is 2.03 bits per heavy atom. The number of benzene rings is 3. The number of rotatable bonds is 5. The Kier molecular flexibility index (Phi) is 10.1. The van der Waals surface area contributed by atoms with Crippen molar-refractivity contribution in [3.8, 4) is 5.75 Å². The third-order valence-electron chi connectivity index (χ3n) is 4.52. The van der Waals surface area contributed by atoms with Crippen LogP contribution in [0.2, 0.25) is 0 Å². The molecule has 0 aliphatic carbocycles. The van der Waals surface area contributed by atoms with Gasteiger partial charge < -0.3 is 20.3 Å². The number of para-hydroxylation sites is 1. The number of hydrogen-bond acceptors (Lipinski definition) is 5. The minimum absolute atomic E-state index is 0.140.